The van der Waals surface area contributed by atoms with E-state index < -0.39 is 12.1 Å². The van der Waals surface area contributed by atoms with Crippen molar-refractivity contribution in [1.82, 2.24) is 0 Å². The Morgan fingerprint density at radius 2 is 1.87 bits per heavy atom. The predicted octanol–water partition coefficient (Wildman–Crippen LogP) is 2.66. The number of aromatic hydroxyl groups is 2. The van der Waals surface area contributed by atoms with E-state index in [1.807, 2.05) is 0 Å². The molecule has 0 aliphatic carbocycles. The molecule has 2 aromatic rings. The molecule has 0 spiro atoms. The Morgan fingerprint density at radius 1 is 1.13 bits per heavy atom. The van der Waals surface area contributed by atoms with E-state index in [1.165, 1.54) is 19.3 Å². The van der Waals surface area contributed by atoms with Crippen molar-refractivity contribution < 1.29 is 24.5 Å². The fourth-order valence-corrected chi connectivity index (χ4v) is 2.59. The van der Waals surface area contributed by atoms with Crippen molar-refractivity contribution in [2.45, 2.75) is 12.5 Å². The van der Waals surface area contributed by atoms with Crippen LogP contribution < -0.4 is 4.74 Å². The summed E-state index contributed by atoms with van der Waals surface area (Å²) in [6.07, 6.45) is 1.38. The lowest BCUT2D eigenvalue weighted by molar-refractivity contribution is -0.138. The van der Waals surface area contributed by atoms with Crippen molar-refractivity contribution in [1.29, 1.82) is 0 Å². The molecule has 5 nitrogen and oxygen atoms in total. The summed E-state index contributed by atoms with van der Waals surface area (Å²) in [6.45, 7) is 0. The molecular weight excluding hydrogens is 296 g/mol. The summed E-state index contributed by atoms with van der Waals surface area (Å²) in [7, 11) is 1.52. The standard InChI is InChI=1S/C18H16O5/c1-22-13-6-7-14(16(20)9-13)15-10-18(21)23-17(15)8-11-2-4-12(19)5-3-11/h2-7,9-10,17,19-20H,8H2,1H3/t17-/m0/s1. The molecular formula is C18H16O5. The highest BCUT2D eigenvalue weighted by Crippen LogP contribution is 2.35. The summed E-state index contributed by atoms with van der Waals surface area (Å²) < 4.78 is 10.4. The average molecular weight is 312 g/mol. The summed E-state index contributed by atoms with van der Waals surface area (Å²) >= 11 is 0. The molecule has 5 heteroatoms. The zero-order chi connectivity index (χ0) is 16.4. The molecule has 1 atom stereocenters. The van der Waals surface area contributed by atoms with Crippen LogP contribution in [0.25, 0.3) is 5.57 Å². The summed E-state index contributed by atoms with van der Waals surface area (Å²) in [5.74, 6) is 0.316. The van der Waals surface area contributed by atoms with Crippen molar-refractivity contribution in [3.63, 3.8) is 0 Å². The van der Waals surface area contributed by atoms with E-state index in [0.717, 1.165) is 5.56 Å². The minimum Gasteiger partial charge on any atom is -0.508 e. The molecule has 0 saturated heterocycles. The van der Waals surface area contributed by atoms with Gasteiger partial charge in [-0.2, -0.15) is 0 Å². The van der Waals surface area contributed by atoms with E-state index in [9.17, 15) is 15.0 Å². The first kappa shape index (κ1) is 15.0. The van der Waals surface area contributed by atoms with Crippen LogP contribution in [0.3, 0.4) is 0 Å². The van der Waals surface area contributed by atoms with Gasteiger partial charge in [0.05, 0.1) is 7.11 Å². The third kappa shape index (κ3) is 3.13. The third-order valence-electron chi connectivity index (χ3n) is 3.75. The number of esters is 1. The van der Waals surface area contributed by atoms with Gasteiger partial charge in [0.25, 0.3) is 0 Å². The zero-order valence-corrected chi connectivity index (χ0v) is 12.5. The van der Waals surface area contributed by atoms with Crippen LogP contribution in [0.2, 0.25) is 0 Å². The number of hydrogen-bond donors (Lipinski definition) is 2. The maximum absolute atomic E-state index is 11.7. The first-order valence-electron chi connectivity index (χ1n) is 7.14. The molecule has 1 heterocycles. The molecule has 0 radical (unpaired) electrons. The molecule has 0 unspecified atom stereocenters. The summed E-state index contributed by atoms with van der Waals surface area (Å²) in [5.41, 5.74) is 2.09. The van der Waals surface area contributed by atoms with Crippen molar-refractivity contribution in [2.75, 3.05) is 7.11 Å². The number of phenols is 2. The number of ether oxygens (including phenoxy) is 2. The van der Waals surface area contributed by atoms with Crippen molar-refractivity contribution in [3.05, 3.63) is 59.7 Å². The molecule has 23 heavy (non-hydrogen) atoms. The molecule has 0 saturated carbocycles. The van der Waals surface area contributed by atoms with Gasteiger partial charge in [-0.15, -0.1) is 0 Å². The van der Waals surface area contributed by atoms with Gasteiger partial charge in [-0.25, -0.2) is 4.79 Å². The van der Waals surface area contributed by atoms with Gasteiger partial charge in [0, 0.05) is 29.7 Å². The number of hydrogen-bond acceptors (Lipinski definition) is 5. The molecule has 0 bridgehead atoms. The number of rotatable bonds is 4. The molecule has 1 aliphatic rings. The number of carbonyl (C=O) groups is 1. The fourth-order valence-electron chi connectivity index (χ4n) is 2.59. The summed E-state index contributed by atoms with van der Waals surface area (Å²) in [5, 5.41) is 19.5. The molecule has 118 valence electrons. The first-order chi connectivity index (χ1) is 11.1. The molecule has 1 aliphatic heterocycles. The summed E-state index contributed by atoms with van der Waals surface area (Å²) in [4.78, 5) is 11.7. The van der Waals surface area contributed by atoms with Gasteiger partial charge in [0.15, 0.2) is 0 Å². The van der Waals surface area contributed by atoms with Crippen LogP contribution in [0.5, 0.6) is 17.2 Å². The molecule has 0 fully saturated rings. The zero-order valence-electron chi connectivity index (χ0n) is 12.5. The van der Waals surface area contributed by atoms with E-state index in [4.69, 9.17) is 9.47 Å². The lowest BCUT2D eigenvalue weighted by Crippen LogP contribution is -2.14. The van der Waals surface area contributed by atoms with E-state index in [2.05, 4.69) is 0 Å². The van der Waals surface area contributed by atoms with Crippen LogP contribution in [-0.4, -0.2) is 29.4 Å². The van der Waals surface area contributed by atoms with Gasteiger partial charge in [-0.1, -0.05) is 12.1 Å². The second-order valence-electron chi connectivity index (χ2n) is 5.28. The van der Waals surface area contributed by atoms with Gasteiger partial charge in [0.2, 0.25) is 0 Å². The molecule has 0 amide bonds. The van der Waals surface area contributed by atoms with Gasteiger partial charge in [-0.05, 0) is 29.8 Å². The Labute approximate surface area is 133 Å². The normalized spacial score (nSPS) is 16.8. The smallest absolute Gasteiger partial charge is 0.331 e. The van der Waals surface area contributed by atoms with Crippen LogP contribution in [0.4, 0.5) is 0 Å². The van der Waals surface area contributed by atoms with Crippen LogP contribution in [0.1, 0.15) is 11.1 Å². The van der Waals surface area contributed by atoms with Crippen LogP contribution in [0, 0.1) is 0 Å². The molecule has 2 aromatic carbocycles. The SMILES string of the molecule is COc1ccc(C2=CC(=O)O[C@H]2Cc2ccc(O)cc2)c(O)c1. The van der Waals surface area contributed by atoms with Gasteiger partial charge < -0.3 is 19.7 Å². The minimum atomic E-state index is -0.480. The van der Waals surface area contributed by atoms with E-state index >= 15 is 0 Å². The van der Waals surface area contributed by atoms with Crippen LogP contribution >= 0.6 is 0 Å². The summed E-state index contributed by atoms with van der Waals surface area (Å²) in [6, 6.07) is 11.6. The van der Waals surface area contributed by atoms with Crippen molar-refractivity contribution >= 4 is 11.5 Å². The lowest BCUT2D eigenvalue weighted by atomic mass is 9.95. The van der Waals surface area contributed by atoms with E-state index in [-0.39, 0.29) is 11.5 Å². The predicted molar refractivity (Wildman–Crippen MR) is 84.3 cm³/mol. The number of benzene rings is 2. The Hall–Kier alpha value is -2.95. The minimum absolute atomic E-state index is 0.0320. The second kappa shape index (κ2) is 6.04. The largest absolute Gasteiger partial charge is 0.508 e. The monoisotopic (exact) mass is 312 g/mol. The van der Waals surface area contributed by atoms with Gasteiger partial charge in [-0.3, -0.25) is 0 Å². The second-order valence-corrected chi connectivity index (χ2v) is 5.28. The Bertz CT molecular complexity index is 761. The molecule has 0 aromatic heterocycles. The third-order valence-corrected chi connectivity index (χ3v) is 3.75. The van der Waals surface area contributed by atoms with Crippen molar-refractivity contribution in [2.24, 2.45) is 0 Å². The number of cyclic esters (lactones) is 1. The number of carbonyl (C=O) groups excluding carboxylic acids is 1. The topological polar surface area (TPSA) is 76.0 Å². The number of methoxy groups -OCH3 is 1. The highest BCUT2D eigenvalue weighted by atomic mass is 16.5. The Kier molecular flexibility index (Phi) is 3.93. The number of phenolic OH excluding ortho intramolecular Hbond substituents is 2. The maximum Gasteiger partial charge on any atom is 0.331 e. The van der Waals surface area contributed by atoms with Gasteiger partial charge in [0.1, 0.15) is 23.4 Å². The Morgan fingerprint density at radius 3 is 2.52 bits per heavy atom. The highest BCUT2D eigenvalue weighted by molar-refractivity contribution is 5.98. The average Bonchev–Trinajstić information content (AvgIpc) is 2.89. The van der Waals surface area contributed by atoms with Gasteiger partial charge >= 0.3 is 5.97 Å². The Balaban J connectivity index is 1.88. The maximum atomic E-state index is 11.7. The van der Waals surface area contributed by atoms with Crippen LogP contribution in [0.15, 0.2) is 48.5 Å². The van der Waals surface area contributed by atoms with E-state index in [1.54, 1.807) is 36.4 Å². The first-order valence-corrected chi connectivity index (χ1v) is 7.14. The lowest BCUT2D eigenvalue weighted by Gasteiger charge is -2.16. The van der Waals surface area contributed by atoms with E-state index in [0.29, 0.717) is 23.3 Å². The highest BCUT2D eigenvalue weighted by Gasteiger charge is 2.29. The van der Waals surface area contributed by atoms with Crippen molar-refractivity contribution in [3.8, 4) is 17.2 Å². The molecule has 3 rings (SSSR count). The molecule has 2 N–H and O–H groups in total. The van der Waals surface area contributed by atoms with Crippen LogP contribution in [-0.2, 0) is 16.0 Å². The quantitative estimate of drug-likeness (QED) is 0.849. The fraction of sp³-hybridized carbons (Fsp3) is 0.167.